The van der Waals surface area contributed by atoms with Crippen LogP contribution < -0.4 is 11.3 Å². The molecule has 1 heterocycles. The molecule has 0 fully saturated rings. The third-order valence-corrected chi connectivity index (χ3v) is 3.75. The van der Waals surface area contributed by atoms with Crippen molar-refractivity contribution in [3.05, 3.63) is 64.4 Å². The molecule has 4 nitrogen and oxygen atoms in total. The van der Waals surface area contributed by atoms with Gasteiger partial charge in [0.2, 0.25) is 0 Å². The second-order valence-electron chi connectivity index (χ2n) is 6.71. The second kappa shape index (κ2) is 5.63. The van der Waals surface area contributed by atoms with Gasteiger partial charge in [-0.15, -0.1) is 0 Å². The van der Waals surface area contributed by atoms with Crippen LogP contribution in [0.15, 0.2) is 53.3 Å². The van der Waals surface area contributed by atoms with E-state index in [9.17, 15) is 4.79 Å². The number of nitrogens with zero attached hydrogens (tertiary/aromatic N) is 2. The molecule has 0 amide bonds. The molecule has 0 spiro atoms. The maximum Gasteiger partial charge on any atom is 0.274 e. The van der Waals surface area contributed by atoms with E-state index in [0.717, 1.165) is 16.6 Å². The summed E-state index contributed by atoms with van der Waals surface area (Å²) in [6.07, 6.45) is 0. The van der Waals surface area contributed by atoms with Gasteiger partial charge in [0.1, 0.15) is 0 Å². The van der Waals surface area contributed by atoms with Gasteiger partial charge in [-0.2, -0.15) is 5.10 Å². The lowest BCUT2D eigenvalue weighted by atomic mass is 10.0. The number of aryl methyl sites for hydroxylation is 1. The Bertz CT molecular complexity index is 903. The molecular weight excluding hydrogens is 286 g/mol. The maximum absolute atomic E-state index is 12.7. The molecule has 1 aromatic heterocycles. The minimum Gasteiger partial charge on any atom is -0.324 e. The lowest BCUT2D eigenvalue weighted by molar-refractivity contribution is 0.399. The Morgan fingerprint density at radius 2 is 1.65 bits per heavy atom. The van der Waals surface area contributed by atoms with Gasteiger partial charge in [-0.25, -0.2) is 4.68 Å². The number of hydrogen-bond acceptors (Lipinski definition) is 3. The highest BCUT2D eigenvalue weighted by atomic mass is 16.1. The van der Waals surface area contributed by atoms with Gasteiger partial charge >= 0.3 is 0 Å². The van der Waals surface area contributed by atoms with Crippen LogP contribution in [-0.4, -0.2) is 15.3 Å². The molecule has 118 valence electrons. The zero-order valence-electron chi connectivity index (χ0n) is 13.7. The van der Waals surface area contributed by atoms with Crippen molar-refractivity contribution in [2.24, 2.45) is 5.73 Å². The van der Waals surface area contributed by atoms with E-state index in [4.69, 9.17) is 5.73 Å². The van der Waals surface area contributed by atoms with Crippen LogP contribution in [0.2, 0.25) is 0 Å². The topological polar surface area (TPSA) is 60.9 Å². The number of nitrogens with two attached hydrogens (primary N) is 1. The summed E-state index contributed by atoms with van der Waals surface area (Å²) < 4.78 is 1.48. The van der Waals surface area contributed by atoms with Gasteiger partial charge in [-0.1, -0.05) is 48.0 Å². The normalized spacial score (nSPS) is 11.8. The highest BCUT2D eigenvalue weighted by molar-refractivity contribution is 5.93. The third kappa shape index (κ3) is 3.17. The van der Waals surface area contributed by atoms with E-state index in [1.54, 1.807) is 0 Å². The standard InChI is InChI=1S/C19H21N3O/c1-13-8-10-14(11-9-13)17-15-6-4-5-7-16(15)18(23)22(21-17)12-19(2,3)20/h4-11H,12,20H2,1-3H3. The van der Waals surface area contributed by atoms with Crippen molar-refractivity contribution < 1.29 is 0 Å². The minimum atomic E-state index is -0.510. The van der Waals surface area contributed by atoms with E-state index >= 15 is 0 Å². The van der Waals surface area contributed by atoms with Gasteiger partial charge in [0.05, 0.1) is 17.6 Å². The fourth-order valence-corrected chi connectivity index (χ4v) is 2.65. The van der Waals surface area contributed by atoms with Crippen molar-refractivity contribution >= 4 is 10.8 Å². The number of hydrogen-bond donors (Lipinski definition) is 1. The zero-order valence-corrected chi connectivity index (χ0v) is 13.7. The summed E-state index contributed by atoms with van der Waals surface area (Å²) in [6, 6.07) is 15.8. The summed E-state index contributed by atoms with van der Waals surface area (Å²) in [4.78, 5) is 12.7. The van der Waals surface area contributed by atoms with E-state index in [2.05, 4.69) is 5.10 Å². The first-order valence-corrected chi connectivity index (χ1v) is 7.71. The van der Waals surface area contributed by atoms with Crippen LogP contribution in [0.25, 0.3) is 22.0 Å². The third-order valence-electron chi connectivity index (χ3n) is 3.75. The Labute approximate surface area is 135 Å². The molecule has 0 atom stereocenters. The van der Waals surface area contributed by atoms with Gasteiger partial charge in [-0.3, -0.25) is 4.79 Å². The maximum atomic E-state index is 12.7. The fourth-order valence-electron chi connectivity index (χ4n) is 2.65. The molecule has 0 saturated heterocycles. The Morgan fingerprint density at radius 3 is 2.26 bits per heavy atom. The van der Waals surface area contributed by atoms with Crippen molar-refractivity contribution in [2.75, 3.05) is 0 Å². The van der Waals surface area contributed by atoms with Gasteiger partial charge in [0.15, 0.2) is 0 Å². The Hall–Kier alpha value is -2.46. The van der Waals surface area contributed by atoms with Crippen molar-refractivity contribution in [2.45, 2.75) is 32.9 Å². The molecule has 2 aromatic carbocycles. The molecule has 0 aliphatic rings. The minimum absolute atomic E-state index is 0.102. The first kappa shape index (κ1) is 15.4. The summed E-state index contributed by atoms with van der Waals surface area (Å²) in [5, 5.41) is 6.15. The molecule has 0 unspecified atom stereocenters. The fraction of sp³-hybridized carbons (Fsp3) is 0.263. The first-order valence-electron chi connectivity index (χ1n) is 7.71. The molecule has 0 aliphatic heterocycles. The van der Waals surface area contributed by atoms with Gasteiger partial charge < -0.3 is 5.73 Å². The first-order chi connectivity index (χ1) is 10.8. The summed E-state index contributed by atoms with van der Waals surface area (Å²) in [5.74, 6) is 0. The number of fused-ring (bicyclic) bond motifs is 1. The number of aromatic nitrogens is 2. The molecule has 3 aromatic rings. The highest BCUT2D eigenvalue weighted by Gasteiger charge is 2.17. The summed E-state index contributed by atoms with van der Waals surface area (Å²) >= 11 is 0. The molecule has 0 saturated carbocycles. The average Bonchev–Trinajstić information content (AvgIpc) is 2.50. The van der Waals surface area contributed by atoms with Crippen LogP contribution in [0.1, 0.15) is 19.4 Å². The van der Waals surface area contributed by atoms with Crippen LogP contribution in [0.4, 0.5) is 0 Å². The molecule has 0 radical (unpaired) electrons. The van der Waals surface area contributed by atoms with E-state index in [1.165, 1.54) is 10.2 Å². The van der Waals surface area contributed by atoms with Crippen molar-refractivity contribution in [1.82, 2.24) is 9.78 Å². The largest absolute Gasteiger partial charge is 0.324 e. The van der Waals surface area contributed by atoms with E-state index < -0.39 is 5.54 Å². The van der Waals surface area contributed by atoms with E-state index in [-0.39, 0.29) is 5.56 Å². The highest BCUT2D eigenvalue weighted by Crippen LogP contribution is 2.25. The molecule has 2 N–H and O–H groups in total. The van der Waals surface area contributed by atoms with E-state index in [1.807, 2.05) is 69.3 Å². The van der Waals surface area contributed by atoms with Crippen molar-refractivity contribution in [1.29, 1.82) is 0 Å². The predicted molar refractivity (Wildman–Crippen MR) is 94.4 cm³/mol. The summed E-state index contributed by atoms with van der Waals surface area (Å²) in [5.41, 5.74) is 8.47. The van der Waals surface area contributed by atoms with Crippen LogP contribution in [-0.2, 0) is 6.54 Å². The van der Waals surface area contributed by atoms with Crippen LogP contribution in [0.3, 0.4) is 0 Å². The zero-order chi connectivity index (χ0) is 16.6. The predicted octanol–water partition coefficient (Wildman–Crippen LogP) is 3.11. The Balaban J connectivity index is 2.29. The van der Waals surface area contributed by atoms with Crippen molar-refractivity contribution in [3.8, 4) is 11.3 Å². The Morgan fingerprint density at radius 1 is 1.04 bits per heavy atom. The molecule has 0 bridgehead atoms. The smallest absolute Gasteiger partial charge is 0.274 e. The summed E-state index contributed by atoms with van der Waals surface area (Å²) in [6.45, 7) is 6.20. The quantitative estimate of drug-likeness (QED) is 0.809. The molecule has 23 heavy (non-hydrogen) atoms. The molecule has 0 aliphatic carbocycles. The van der Waals surface area contributed by atoms with Crippen LogP contribution >= 0.6 is 0 Å². The lowest BCUT2D eigenvalue weighted by Crippen LogP contribution is -2.41. The molecule has 3 rings (SSSR count). The molecular formula is C19H21N3O. The number of rotatable bonds is 3. The SMILES string of the molecule is Cc1ccc(-c2nn(CC(C)(C)N)c(=O)c3ccccc23)cc1. The van der Waals surface area contributed by atoms with Crippen LogP contribution in [0.5, 0.6) is 0 Å². The van der Waals surface area contributed by atoms with Gasteiger partial charge in [-0.05, 0) is 26.8 Å². The second-order valence-corrected chi connectivity index (χ2v) is 6.71. The van der Waals surface area contributed by atoms with Crippen LogP contribution in [0, 0.1) is 6.92 Å². The van der Waals surface area contributed by atoms with Gasteiger partial charge in [0.25, 0.3) is 5.56 Å². The summed E-state index contributed by atoms with van der Waals surface area (Å²) in [7, 11) is 0. The molecule has 4 heteroatoms. The lowest BCUT2D eigenvalue weighted by Gasteiger charge is -2.20. The number of benzene rings is 2. The van der Waals surface area contributed by atoms with Gasteiger partial charge in [0, 0.05) is 16.5 Å². The average molecular weight is 307 g/mol. The van der Waals surface area contributed by atoms with E-state index in [0.29, 0.717) is 11.9 Å². The monoisotopic (exact) mass is 307 g/mol. The Kier molecular flexibility index (Phi) is 3.78. The van der Waals surface area contributed by atoms with Crippen molar-refractivity contribution in [3.63, 3.8) is 0 Å².